The van der Waals surface area contributed by atoms with Crippen molar-refractivity contribution >= 4 is 15.7 Å². The fourth-order valence-electron chi connectivity index (χ4n) is 2.07. The molecule has 1 heterocycles. The summed E-state index contributed by atoms with van der Waals surface area (Å²) in [6.07, 6.45) is 0.540. The summed E-state index contributed by atoms with van der Waals surface area (Å²) in [6, 6.07) is -0.203. The number of hydrogen-bond donors (Lipinski definition) is 2. The van der Waals surface area contributed by atoms with Gasteiger partial charge in [0, 0.05) is 12.6 Å². The number of sulfone groups is 1. The molecule has 5 nitrogen and oxygen atoms in total. The number of amides is 1. The molecule has 1 rings (SSSR count). The van der Waals surface area contributed by atoms with Crippen LogP contribution in [0.25, 0.3) is 0 Å². The van der Waals surface area contributed by atoms with E-state index in [-0.39, 0.29) is 35.3 Å². The molecule has 100 valence electrons. The Morgan fingerprint density at radius 1 is 1.41 bits per heavy atom. The lowest BCUT2D eigenvalue weighted by molar-refractivity contribution is -0.126. The van der Waals surface area contributed by atoms with Gasteiger partial charge in [-0.05, 0) is 19.4 Å². The van der Waals surface area contributed by atoms with Crippen molar-refractivity contribution in [1.82, 2.24) is 10.6 Å². The first-order valence-electron chi connectivity index (χ1n) is 6.01. The van der Waals surface area contributed by atoms with Crippen LogP contribution in [0.5, 0.6) is 0 Å². The van der Waals surface area contributed by atoms with Gasteiger partial charge in [-0.1, -0.05) is 13.8 Å². The van der Waals surface area contributed by atoms with Gasteiger partial charge in [-0.25, -0.2) is 8.42 Å². The third-order valence-electron chi connectivity index (χ3n) is 3.14. The van der Waals surface area contributed by atoms with Crippen molar-refractivity contribution in [2.75, 3.05) is 25.1 Å². The van der Waals surface area contributed by atoms with Crippen molar-refractivity contribution in [3.63, 3.8) is 0 Å². The van der Waals surface area contributed by atoms with Crippen molar-refractivity contribution in [3.05, 3.63) is 0 Å². The van der Waals surface area contributed by atoms with E-state index in [0.29, 0.717) is 13.0 Å². The quantitative estimate of drug-likeness (QED) is 0.718. The first kappa shape index (κ1) is 14.4. The summed E-state index contributed by atoms with van der Waals surface area (Å²) < 4.78 is 22.6. The topological polar surface area (TPSA) is 75.3 Å². The zero-order valence-corrected chi connectivity index (χ0v) is 11.5. The van der Waals surface area contributed by atoms with E-state index in [0.717, 1.165) is 0 Å². The van der Waals surface area contributed by atoms with E-state index in [4.69, 9.17) is 0 Å². The van der Waals surface area contributed by atoms with Gasteiger partial charge in [-0.3, -0.25) is 4.79 Å². The van der Waals surface area contributed by atoms with Crippen LogP contribution in [0, 0.1) is 11.8 Å². The summed E-state index contributed by atoms with van der Waals surface area (Å²) in [7, 11) is -1.12. The smallest absolute Gasteiger partial charge is 0.224 e. The minimum atomic E-state index is -2.93. The number of carbonyl (C=O) groups excluding carboxylic acids is 1. The predicted molar refractivity (Wildman–Crippen MR) is 67.5 cm³/mol. The van der Waals surface area contributed by atoms with Crippen molar-refractivity contribution in [3.8, 4) is 0 Å². The second kappa shape index (κ2) is 5.82. The molecule has 0 aromatic carbocycles. The standard InChI is InChI=1S/C11H22N2O3S/c1-8(2)10(6-12-3)11(14)13-9-4-5-17(15,16)7-9/h8-10,12H,4-7H2,1-3H3,(H,13,14). The molecular weight excluding hydrogens is 240 g/mol. The Balaban J connectivity index is 2.53. The lowest BCUT2D eigenvalue weighted by atomic mass is 9.94. The third-order valence-corrected chi connectivity index (χ3v) is 4.91. The fraction of sp³-hybridized carbons (Fsp3) is 0.909. The minimum Gasteiger partial charge on any atom is -0.352 e. The summed E-state index contributed by atoms with van der Waals surface area (Å²) in [5.74, 6) is 0.361. The van der Waals surface area contributed by atoms with Gasteiger partial charge in [0.1, 0.15) is 0 Å². The third kappa shape index (κ3) is 4.27. The van der Waals surface area contributed by atoms with Crippen LogP contribution in [-0.4, -0.2) is 45.5 Å². The van der Waals surface area contributed by atoms with E-state index >= 15 is 0 Å². The second-order valence-electron chi connectivity index (χ2n) is 5.02. The Morgan fingerprint density at radius 3 is 2.47 bits per heavy atom. The normalized spacial score (nSPS) is 24.8. The molecule has 1 saturated heterocycles. The molecule has 2 unspecified atom stereocenters. The van der Waals surface area contributed by atoms with Crippen LogP contribution in [0.4, 0.5) is 0 Å². The Kier molecular flexibility index (Phi) is 4.94. The van der Waals surface area contributed by atoms with E-state index < -0.39 is 9.84 Å². The Morgan fingerprint density at radius 2 is 2.06 bits per heavy atom. The van der Waals surface area contributed by atoms with Crippen LogP contribution < -0.4 is 10.6 Å². The maximum absolute atomic E-state index is 12.0. The largest absolute Gasteiger partial charge is 0.352 e. The highest BCUT2D eigenvalue weighted by Crippen LogP contribution is 2.14. The lowest BCUT2D eigenvalue weighted by Gasteiger charge is -2.22. The van der Waals surface area contributed by atoms with Crippen molar-refractivity contribution in [1.29, 1.82) is 0 Å². The van der Waals surface area contributed by atoms with Gasteiger partial charge >= 0.3 is 0 Å². The zero-order valence-electron chi connectivity index (χ0n) is 10.7. The molecule has 0 spiro atoms. The zero-order chi connectivity index (χ0) is 13.1. The first-order chi connectivity index (χ1) is 7.85. The Labute approximate surface area is 103 Å². The first-order valence-corrected chi connectivity index (χ1v) is 7.83. The van der Waals surface area contributed by atoms with E-state index in [1.807, 2.05) is 20.9 Å². The molecule has 0 aliphatic carbocycles. The molecule has 0 bridgehead atoms. The van der Waals surface area contributed by atoms with Crippen LogP contribution in [0.1, 0.15) is 20.3 Å². The summed E-state index contributed by atoms with van der Waals surface area (Å²) in [5.41, 5.74) is 0. The molecule has 1 aliphatic heterocycles. The maximum atomic E-state index is 12.0. The molecule has 17 heavy (non-hydrogen) atoms. The van der Waals surface area contributed by atoms with Crippen LogP contribution in [-0.2, 0) is 14.6 Å². The molecule has 0 radical (unpaired) electrons. The summed E-state index contributed by atoms with van der Waals surface area (Å²) in [6.45, 7) is 4.60. The van der Waals surface area contributed by atoms with Crippen LogP contribution in [0.15, 0.2) is 0 Å². The maximum Gasteiger partial charge on any atom is 0.224 e. The summed E-state index contributed by atoms with van der Waals surface area (Å²) in [5, 5.41) is 5.83. The highest BCUT2D eigenvalue weighted by molar-refractivity contribution is 7.91. The van der Waals surface area contributed by atoms with E-state index in [9.17, 15) is 13.2 Å². The second-order valence-corrected chi connectivity index (χ2v) is 7.25. The fourth-order valence-corrected chi connectivity index (χ4v) is 3.74. The Hall–Kier alpha value is -0.620. The molecule has 2 atom stereocenters. The minimum absolute atomic E-state index is 0.0450. The van der Waals surface area contributed by atoms with Gasteiger partial charge in [-0.2, -0.15) is 0 Å². The van der Waals surface area contributed by atoms with E-state index in [2.05, 4.69) is 10.6 Å². The molecule has 1 fully saturated rings. The number of hydrogen-bond acceptors (Lipinski definition) is 4. The molecule has 1 amide bonds. The summed E-state index contributed by atoms with van der Waals surface area (Å²) in [4.78, 5) is 12.0. The molecule has 1 aliphatic rings. The SMILES string of the molecule is CNCC(C(=O)NC1CCS(=O)(=O)C1)C(C)C. The van der Waals surface area contributed by atoms with Gasteiger partial charge in [0.2, 0.25) is 5.91 Å². The molecule has 6 heteroatoms. The van der Waals surface area contributed by atoms with Crippen molar-refractivity contribution < 1.29 is 13.2 Å². The van der Waals surface area contributed by atoms with Crippen molar-refractivity contribution in [2.24, 2.45) is 11.8 Å². The van der Waals surface area contributed by atoms with Gasteiger partial charge in [0.05, 0.1) is 17.4 Å². The molecular formula is C11H22N2O3S. The number of rotatable bonds is 5. The molecule has 0 aromatic heterocycles. The average molecular weight is 262 g/mol. The van der Waals surface area contributed by atoms with Gasteiger partial charge in [0.15, 0.2) is 9.84 Å². The van der Waals surface area contributed by atoms with Gasteiger partial charge in [-0.15, -0.1) is 0 Å². The van der Waals surface area contributed by atoms with E-state index in [1.165, 1.54) is 0 Å². The monoisotopic (exact) mass is 262 g/mol. The highest BCUT2D eigenvalue weighted by atomic mass is 32.2. The van der Waals surface area contributed by atoms with Gasteiger partial charge < -0.3 is 10.6 Å². The van der Waals surface area contributed by atoms with E-state index in [1.54, 1.807) is 0 Å². The average Bonchev–Trinajstić information content (AvgIpc) is 2.53. The predicted octanol–water partition coefficient (Wildman–Crippen LogP) is -0.219. The van der Waals surface area contributed by atoms with Gasteiger partial charge in [0.25, 0.3) is 0 Å². The van der Waals surface area contributed by atoms with Crippen LogP contribution in [0.3, 0.4) is 0 Å². The van der Waals surface area contributed by atoms with Crippen LogP contribution >= 0.6 is 0 Å². The molecule has 0 saturated carbocycles. The number of nitrogens with one attached hydrogen (secondary N) is 2. The molecule has 2 N–H and O–H groups in total. The highest BCUT2D eigenvalue weighted by Gasteiger charge is 2.31. The Bertz CT molecular complexity index is 365. The summed E-state index contributed by atoms with van der Waals surface area (Å²) >= 11 is 0. The lowest BCUT2D eigenvalue weighted by Crippen LogP contribution is -2.44. The molecule has 0 aromatic rings. The van der Waals surface area contributed by atoms with Crippen molar-refractivity contribution in [2.45, 2.75) is 26.3 Å². The van der Waals surface area contributed by atoms with Crippen LogP contribution in [0.2, 0.25) is 0 Å². The number of carbonyl (C=O) groups is 1.